The Morgan fingerprint density at radius 3 is 2.83 bits per heavy atom. The van der Waals surface area contributed by atoms with Gasteiger partial charge in [-0.25, -0.2) is 9.36 Å². The molecular weight excluding hydrogens is 286 g/mol. The average molecular weight is 305 g/mol. The van der Waals surface area contributed by atoms with Crippen molar-refractivity contribution in [3.63, 3.8) is 0 Å². The van der Waals surface area contributed by atoms with Crippen molar-refractivity contribution in [1.29, 1.82) is 0 Å². The fourth-order valence-corrected chi connectivity index (χ4v) is 4.77. The van der Waals surface area contributed by atoms with E-state index in [1.165, 1.54) is 5.56 Å². The van der Waals surface area contributed by atoms with Gasteiger partial charge in [0, 0.05) is 17.0 Å². The third-order valence-corrected chi connectivity index (χ3v) is 5.83. The molecule has 0 amide bonds. The van der Waals surface area contributed by atoms with Crippen molar-refractivity contribution in [2.24, 2.45) is 11.3 Å². The molecule has 0 spiro atoms. The topological polar surface area (TPSA) is 38.7 Å². The van der Waals surface area contributed by atoms with Crippen LogP contribution in [0, 0.1) is 17.9 Å². The Kier molecular flexibility index (Phi) is 2.67. The largest absolute Gasteiger partial charge is 0.307 e. The van der Waals surface area contributed by atoms with Crippen molar-refractivity contribution in [3.8, 4) is 0 Å². The lowest BCUT2D eigenvalue weighted by Gasteiger charge is -2.51. The van der Waals surface area contributed by atoms with Gasteiger partial charge in [0.15, 0.2) is 5.78 Å². The van der Waals surface area contributed by atoms with Crippen LogP contribution >= 0.6 is 0 Å². The molecule has 2 aliphatic rings. The maximum absolute atomic E-state index is 12.7. The van der Waals surface area contributed by atoms with Gasteiger partial charge in [0.1, 0.15) is 0 Å². The molecule has 0 saturated heterocycles. The van der Waals surface area contributed by atoms with Crippen molar-refractivity contribution < 1.29 is 4.79 Å². The van der Waals surface area contributed by atoms with E-state index in [0.717, 1.165) is 24.1 Å². The summed E-state index contributed by atoms with van der Waals surface area (Å²) in [4.78, 5) is 16.2. The maximum atomic E-state index is 12.7. The fraction of sp³-hybridized carbons (Fsp3) is 0.421. The molecule has 0 bridgehead atoms. The Hall–Kier alpha value is -2.41. The zero-order chi connectivity index (χ0) is 16.4. The van der Waals surface area contributed by atoms with Crippen molar-refractivity contribution >= 4 is 11.3 Å². The molecule has 4 heteroatoms. The number of hydrogen-bond acceptors (Lipinski definition) is 2. The summed E-state index contributed by atoms with van der Waals surface area (Å²) in [7, 11) is 0. The molecule has 4 rings (SSSR count). The molecule has 23 heavy (non-hydrogen) atoms. The normalized spacial score (nSPS) is 28.7. The second-order valence-electron chi connectivity index (χ2n) is 7.44. The van der Waals surface area contributed by atoms with Crippen LogP contribution in [-0.2, 0) is 16.6 Å². The Bertz CT molecular complexity index is 912. The average Bonchev–Trinajstić information content (AvgIpc) is 2.99. The standard InChI is InChI=1S/C19H19N3O/c1-18(2)15-8-6-12-5-7-13-9-10-21-22(13)16(12)19(15,3)11-14(20-4)17(18)23/h5,7,9-11,15H,6,8H2,1-3H3/t15-,19-/m0/s1. The van der Waals surface area contributed by atoms with Gasteiger partial charge in [-0.15, -0.1) is 0 Å². The number of carbonyl (C=O) groups excluding carboxylic acids is 1. The van der Waals surface area contributed by atoms with Crippen LogP contribution in [0.1, 0.15) is 38.4 Å². The zero-order valence-corrected chi connectivity index (χ0v) is 13.6. The van der Waals surface area contributed by atoms with Crippen molar-refractivity contribution in [3.05, 3.63) is 58.8 Å². The minimum Gasteiger partial charge on any atom is -0.307 e. The molecule has 0 aliphatic heterocycles. The summed E-state index contributed by atoms with van der Waals surface area (Å²) >= 11 is 0. The van der Waals surface area contributed by atoms with Crippen LogP contribution in [0.25, 0.3) is 10.4 Å². The van der Waals surface area contributed by atoms with Gasteiger partial charge in [0.2, 0.25) is 5.70 Å². The molecule has 0 fully saturated rings. The molecule has 2 aromatic heterocycles. The van der Waals surface area contributed by atoms with E-state index in [1.54, 1.807) is 6.20 Å². The monoisotopic (exact) mass is 305 g/mol. The van der Waals surface area contributed by atoms with Crippen molar-refractivity contribution in [2.45, 2.75) is 39.0 Å². The van der Waals surface area contributed by atoms with Crippen molar-refractivity contribution in [2.75, 3.05) is 0 Å². The van der Waals surface area contributed by atoms with Crippen molar-refractivity contribution in [1.82, 2.24) is 9.61 Å². The summed E-state index contributed by atoms with van der Waals surface area (Å²) in [5.41, 5.74) is 2.85. The number of rotatable bonds is 0. The first-order valence-corrected chi connectivity index (χ1v) is 8.01. The van der Waals surface area contributed by atoms with E-state index in [0.29, 0.717) is 0 Å². The predicted octanol–water partition coefficient (Wildman–Crippen LogP) is 3.57. The Morgan fingerprint density at radius 1 is 1.30 bits per heavy atom. The lowest BCUT2D eigenvalue weighted by molar-refractivity contribution is -0.128. The SMILES string of the molecule is [C-]#[N+]C1=C[C@]2(C)c3c(ccc4ccnn34)CC[C@H]2C(C)(C)C1=O. The van der Waals surface area contributed by atoms with E-state index >= 15 is 0 Å². The lowest BCUT2D eigenvalue weighted by Crippen LogP contribution is -2.51. The number of nitrogens with zero attached hydrogens (tertiary/aromatic N) is 3. The highest BCUT2D eigenvalue weighted by Crippen LogP contribution is 2.54. The third kappa shape index (κ3) is 1.65. The van der Waals surface area contributed by atoms with Gasteiger partial charge in [-0.1, -0.05) is 32.9 Å². The lowest BCUT2D eigenvalue weighted by atomic mass is 9.53. The van der Waals surface area contributed by atoms with Crippen LogP contribution in [0.5, 0.6) is 0 Å². The summed E-state index contributed by atoms with van der Waals surface area (Å²) in [6, 6.07) is 6.25. The van der Waals surface area contributed by atoms with Crippen LogP contribution < -0.4 is 0 Å². The minimum absolute atomic E-state index is 0.0222. The van der Waals surface area contributed by atoms with Gasteiger partial charge >= 0.3 is 0 Å². The number of hydrogen-bond donors (Lipinski definition) is 0. The molecule has 2 aliphatic carbocycles. The van der Waals surface area contributed by atoms with Gasteiger partial charge < -0.3 is 4.79 Å². The zero-order valence-electron chi connectivity index (χ0n) is 13.6. The van der Waals surface area contributed by atoms with E-state index in [4.69, 9.17) is 6.57 Å². The molecule has 0 aromatic carbocycles. The van der Waals surface area contributed by atoms with Gasteiger partial charge in [0.25, 0.3) is 0 Å². The summed E-state index contributed by atoms with van der Waals surface area (Å²) in [5, 5.41) is 4.51. The van der Waals surface area contributed by atoms with E-state index in [2.05, 4.69) is 29.0 Å². The van der Waals surface area contributed by atoms with E-state index in [-0.39, 0.29) is 22.8 Å². The Balaban J connectivity index is 2.09. The molecule has 2 atom stereocenters. The second kappa shape index (κ2) is 4.32. The predicted molar refractivity (Wildman–Crippen MR) is 87.8 cm³/mol. The van der Waals surface area contributed by atoms with E-state index in [9.17, 15) is 4.79 Å². The number of ketones is 1. The molecule has 116 valence electrons. The van der Waals surface area contributed by atoms with Crippen LogP contribution in [0.15, 0.2) is 36.2 Å². The van der Waals surface area contributed by atoms with Gasteiger partial charge in [-0.3, -0.25) is 0 Å². The molecule has 0 radical (unpaired) electrons. The molecule has 0 N–H and O–H groups in total. The highest BCUT2D eigenvalue weighted by molar-refractivity contribution is 6.02. The molecule has 2 aromatic rings. The quantitative estimate of drug-likeness (QED) is 0.698. The Morgan fingerprint density at radius 2 is 2.09 bits per heavy atom. The highest BCUT2D eigenvalue weighted by atomic mass is 16.1. The summed E-state index contributed by atoms with van der Waals surface area (Å²) in [6.45, 7) is 13.6. The molecule has 0 unspecified atom stereocenters. The summed E-state index contributed by atoms with van der Waals surface area (Å²) in [5.74, 6) is 0.154. The highest BCUT2D eigenvalue weighted by Gasteiger charge is 2.54. The first-order chi connectivity index (χ1) is 10.9. The summed E-state index contributed by atoms with van der Waals surface area (Å²) in [6.07, 6.45) is 5.61. The number of allylic oxidation sites excluding steroid dienone is 2. The van der Waals surface area contributed by atoms with Gasteiger partial charge in [-0.2, -0.15) is 5.10 Å². The molecule has 2 heterocycles. The fourth-order valence-electron chi connectivity index (χ4n) is 4.77. The van der Waals surface area contributed by atoms with Crippen LogP contribution in [0.2, 0.25) is 0 Å². The third-order valence-electron chi connectivity index (χ3n) is 5.83. The van der Waals surface area contributed by atoms with E-state index < -0.39 is 5.41 Å². The maximum Gasteiger partial charge on any atom is 0.226 e. The number of pyridine rings is 1. The number of fused-ring (bicyclic) bond motifs is 5. The molecule has 0 saturated carbocycles. The first kappa shape index (κ1) is 14.2. The molecule has 4 nitrogen and oxygen atoms in total. The van der Waals surface area contributed by atoms with Crippen LogP contribution in [0.3, 0.4) is 0 Å². The number of carbonyl (C=O) groups is 1. The number of aromatic nitrogens is 2. The van der Waals surface area contributed by atoms with Gasteiger partial charge in [0.05, 0.1) is 17.8 Å². The second-order valence-corrected chi connectivity index (χ2v) is 7.44. The Labute approximate surface area is 135 Å². The number of aryl methyl sites for hydroxylation is 1. The van der Waals surface area contributed by atoms with E-state index in [1.807, 2.05) is 30.5 Å². The minimum atomic E-state index is -0.531. The summed E-state index contributed by atoms with van der Waals surface area (Å²) < 4.78 is 1.99. The molecular formula is C19H19N3O. The first-order valence-electron chi connectivity index (χ1n) is 8.01. The van der Waals surface area contributed by atoms with Crippen LogP contribution in [0.4, 0.5) is 0 Å². The number of Topliss-reactive ketones (excluding diaryl/α,β-unsaturated/α-hetero) is 1. The smallest absolute Gasteiger partial charge is 0.226 e. The van der Waals surface area contributed by atoms with Gasteiger partial charge in [-0.05, 0) is 36.5 Å². The van der Waals surface area contributed by atoms with Crippen LogP contribution in [-0.4, -0.2) is 15.4 Å².